The third-order valence-corrected chi connectivity index (χ3v) is 3.64. The predicted molar refractivity (Wildman–Crippen MR) is 62.4 cm³/mol. The van der Waals surface area contributed by atoms with Crippen molar-refractivity contribution in [2.45, 2.75) is 52.0 Å². The van der Waals surface area contributed by atoms with Gasteiger partial charge in [-0.2, -0.15) is 0 Å². The molecule has 0 radical (unpaired) electrons. The first-order valence-electron chi connectivity index (χ1n) is 6.04. The highest BCUT2D eigenvalue weighted by molar-refractivity contribution is 5.79. The standard InChI is InChI=1S/C12H24N2O/c1-4-12(3,7-8-13)14-11(15)9(2)10-5-6-10/h9-10H,4-8,13H2,1-3H3,(H,14,15). The van der Waals surface area contributed by atoms with E-state index in [9.17, 15) is 4.79 Å². The lowest BCUT2D eigenvalue weighted by atomic mass is 9.93. The molecule has 3 heteroatoms. The van der Waals surface area contributed by atoms with Crippen molar-refractivity contribution in [3.63, 3.8) is 0 Å². The summed E-state index contributed by atoms with van der Waals surface area (Å²) >= 11 is 0. The average molecular weight is 212 g/mol. The molecular formula is C12H24N2O. The van der Waals surface area contributed by atoms with Crippen molar-refractivity contribution in [3.8, 4) is 0 Å². The zero-order valence-corrected chi connectivity index (χ0v) is 10.2. The van der Waals surface area contributed by atoms with E-state index in [2.05, 4.69) is 19.2 Å². The highest BCUT2D eigenvalue weighted by Gasteiger charge is 2.35. The van der Waals surface area contributed by atoms with Crippen LogP contribution in [0.25, 0.3) is 0 Å². The number of hydrogen-bond acceptors (Lipinski definition) is 2. The molecule has 1 saturated carbocycles. The van der Waals surface area contributed by atoms with Gasteiger partial charge < -0.3 is 11.1 Å². The molecule has 3 nitrogen and oxygen atoms in total. The molecule has 1 fully saturated rings. The van der Waals surface area contributed by atoms with E-state index < -0.39 is 0 Å². The Bertz CT molecular complexity index is 226. The molecule has 0 aromatic rings. The Balaban J connectivity index is 2.46. The molecule has 1 aliphatic carbocycles. The molecule has 0 saturated heterocycles. The topological polar surface area (TPSA) is 55.1 Å². The summed E-state index contributed by atoms with van der Waals surface area (Å²) in [4.78, 5) is 11.9. The first-order chi connectivity index (χ1) is 7.02. The molecule has 15 heavy (non-hydrogen) atoms. The van der Waals surface area contributed by atoms with E-state index in [0.717, 1.165) is 12.8 Å². The van der Waals surface area contributed by atoms with Crippen LogP contribution in [0.4, 0.5) is 0 Å². The fourth-order valence-electron chi connectivity index (χ4n) is 1.87. The molecule has 0 spiro atoms. The van der Waals surface area contributed by atoms with Gasteiger partial charge in [0.15, 0.2) is 0 Å². The summed E-state index contributed by atoms with van der Waals surface area (Å²) in [5.41, 5.74) is 5.45. The van der Waals surface area contributed by atoms with E-state index in [4.69, 9.17) is 5.73 Å². The van der Waals surface area contributed by atoms with Gasteiger partial charge in [-0.05, 0) is 45.1 Å². The van der Waals surface area contributed by atoms with Crippen molar-refractivity contribution in [3.05, 3.63) is 0 Å². The molecular weight excluding hydrogens is 188 g/mol. The van der Waals surface area contributed by atoms with Crippen LogP contribution in [0.15, 0.2) is 0 Å². The van der Waals surface area contributed by atoms with Crippen LogP contribution in [0.5, 0.6) is 0 Å². The van der Waals surface area contributed by atoms with Crippen LogP contribution >= 0.6 is 0 Å². The second-order valence-electron chi connectivity index (χ2n) is 5.07. The first-order valence-corrected chi connectivity index (χ1v) is 6.04. The largest absolute Gasteiger partial charge is 0.351 e. The Hall–Kier alpha value is -0.570. The summed E-state index contributed by atoms with van der Waals surface area (Å²) < 4.78 is 0. The van der Waals surface area contributed by atoms with Gasteiger partial charge in [-0.25, -0.2) is 0 Å². The fraction of sp³-hybridized carbons (Fsp3) is 0.917. The molecule has 88 valence electrons. The molecule has 0 aromatic heterocycles. The lowest BCUT2D eigenvalue weighted by Crippen LogP contribution is -2.48. The number of nitrogens with one attached hydrogen (secondary N) is 1. The maximum atomic E-state index is 11.9. The van der Waals surface area contributed by atoms with E-state index in [1.807, 2.05) is 6.92 Å². The second kappa shape index (κ2) is 4.97. The molecule has 0 aromatic carbocycles. The van der Waals surface area contributed by atoms with Crippen LogP contribution in [-0.4, -0.2) is 18.0 Å². The van der Waals surface area contributed by atoms with Gasteiger partial charge in [-0.15, -0.1) is 0 Å². The van der Waals surface area contributed by atoms with Crippen LogP contribution < -0.4 is 11.1 Å². The average Bonchev–Trinajstić information content (AvgIpc) is 3.00. The van der Waals surface area contributed by atoms with Gasteiger partial charge in [-0.1, -0.05) is 13.8 Å². The summed E-state index contributed by atoms with van der Waals surface area (Å²) in [6.07, 6.45) is 4.22. The minimum Gasteiger partial charge on any atom is -0.351 e. The number of nitrogens with two attached hydrogens (primary N) is 1. The van der Waals surface area contributed by atoms with Gasteiger partial charge in [0.1, 0.15) is 0 Å². The highest BCUT2D eigenvalue weighted by atomic mass is 16.2. The summed E-state index contributed by atoms with van der Waals surface area (Å²) in [6, 6.07) is 0. The zero-order chi connectivity index (χ0) is 11.5. The van der Waals surface area contributed by atoms with Gasteiger partial charge in [0, 0.05) is 11.5 Å². The normalized spacial score (nSPS) is 21.9. The number of hydrogen-bond donors (Lipinski definition) is 2. The van der Waals surface area contributed by atoms with Crippen molar-refractivity contribution in [2.24, 2.45) is 17.6 Å². The summed E-state index contributed by atoms with van der Waals surface area (Å²) in [5.74, 6) is 1.01. The van der Waals surface area contributed by atoms with Crippen molar-refractivity contribution in [1.82, 2.24) is 5.32 Å². The maximum Gasteiger partial charge on any atom is 0.223 e. The minimum absolute atomic E-state index is 0.116. The number of amides is 1. The van der Waals surface area contributed by atoms with E-state index in [-0.39, 0.29) is 17.4 Å². The zero-order valence-electron chi connectivity index (χ0n) is 10.2. The Morgan fingerprint density at radius 3 is 2.60 bits per heavy atom. The fourth-order valence-corrected chi connectivity index (χ4v) is 1.87. The summed E-state index contributed by atoms with van der Waals surface area (Å²) in [5, 5.41) is 3.15. The second-order valence-corrected chi connectivity index (χ2v) is 5.07. The van der Waals surface area contributed by atoms with Gasteiger partial charge in [0.25, 0.3) is 0 Å². The van der Waals surface area contributed by atoms with Crippen molar-refractivity contribution in [2.75, 3.05) is 6.54 Å². The Kier molecular flexibility index (Phi) is 4.14. The molecule has 0 bridgehead atoms. The maximum absolute atomic E-state index is 11.9. The first kappa shape index (κ1) is 12.5. The van der Waals surface area contributed by atoms with E-state index in [0.29, 0.717) is 12.5 Å². The summed E-state index contributed by atoms with van der Waals surface area (Å²) in [6.45, 7) is 6.84. The van der Waals surface area contributed by atoms with Gasteiger partial charge >= 0.3 is 0 Å². The van der Waals surface area contributed by atoms with Crippen molar-refractivity contribution >= 4 is 5.91 Å². The molecule has 2 unspecified atom stereocenters. The Labute approximate surface area is 92.8 Å². The molecule has 0 aliphatic heterocycles. The predicted octanol–water partition coefficient (Wildman–Crippen LogP) is 1.67. The number of carbonyl (C=O) groups is 1. The SMILES string of the molecule is CCC(C)(CCN)NC(=O)C(C)C1CC1. The van der Waals surface area contributed by atoms with Crippen LogP contribution in [0, 0.1) is 11.8 Å². The van der Waals surface area contributed by atoms with Crippen LogP contribution in [0.2, 0.25) is 0 Å². The van der Waals surface area contributed by atoms with Gasteiger partial charge in [-0.3, -0.25) is 4.79 Å². The number of carbonyl (C=O) groups excluding carboxylic acids is 1. The van der Waals surface area contributed by atoms with Gasteiger partial charge in [0.05, 0.1) is 0 Å². The minimum atomic E-state index is -0.116. The summed E-state index contributed by atoms with van der Waals surface area (Å²) in [7, 11) is 0. The molecule has 1 aliphatic rings. The smallest absolute Gasteiger partial charge is 0.223 e. The highest BCUT2D eigenvalue weighted by Crippen LogP contribution is 2.36. The lowest BCUT2D eigenvalue weighted by molar-refractivity contribution is -0.127. The van der Waals surface area contributed by atoms with Crippen molar-refractivity contribution in [1.29, 1.82) is 0 Å². The third-order valence-electron chi connectivity index (χ3n) is 3.64. The lowest BCUT2D eigenvalue weighted by Gasteiger charge is -2.30. The van der Waals surface area contributed by atoms with Gasteiger partial charge in [0.2, 0.25) is 5.91 Å². The Morgan fingerprint density at radius 1 is 1.60 bits per heavy atom. The van der Waals surface area contributed by atoms with Crippen LogP contribution in [0.1, 0.15) is 46.5 Å². The van der Waals surface area contributed by atoms with E-state index in [1.54, 1.807) is 0 Å². The third kappa shape index (κ3) is 3.49. The quantitative estimate of drug-likeness (QED) is 0.703. The van der Waals surface area contributed by atoms with Crippen molar-refractivity contribution < 1.29 is 4.79 Å². The number of rotatable bonds is 6. The molecule has 1 amide bonds. The Morgan fingerprint density at radius 2 is 2.20 bits per heavy atom. The molecule has 1 rings (SSSR count). The van der Waals surface area contributed by atoms with E-state index >= 15 is 0 Å². The monoisotopic (exact) mass is 212 g/mol. The van der Waals surface area contributed by atoms with E-state index in [1.165, 1.54) is 12.8 Å². The van der Waals surface area contributed by atoms with Crippen LogP contribution in [-0.2, 0) is 4.79 Å². The van der Waals surface area contributed by atoms with Crippen LogP contribution in [0.3, 0.4) is 0 Å². The molecule has 2 atom stereocenters. The molecule has 0 heterocycles. The molecule has 3 N–H and O–H groups in total.